The third kappa shape index (κ3) is 25.3. The Morgan fingerprint density at radius 2 is 0.959 bits per heavy atom. The maximum absolute atomic E-state index is 12.4. The van der Waals surface area contributed by atoms with Crippen molar-refractivity contribution in [3.8, 4) is 11.5 Å². The number of hydrogen-bond acceptors (Lipinski definition) is 14. The van der Waals surface area contributed by atoms with E-state index in [0.29, 0.717) is 91.7 Å². The van der Waals surface area contributed by atoms with Crippen LogP contribution in [0.3, 0.4) is 0 Å². The van der Waals surface area contributed by atoms with Gasteiger partial charge in [-0.1, -0.05) is 68.7 Å². The minimum Gasteiger partial charge on any atom is -0.476 e. The van der Waals surface area contributed by atoms with Crippen molar-refractivity contribution >= 4 is 71.5 Å². The van der Waals surface area contributed by atoms with Gasteiger partial charge in [-0.15, -0.1) is 12.4 Å². The van der Waals surface area contributed by atoms with Crippen LogP contribution in [0.4, 0.5) is 9.59 Å². The maximum atomic E-state index is 12.4. The lowest BCUT2D eigenvalue weighted by molar-refractivity contribution is -0.168. The minimum atomic E-state index is -1.30. The van der Waals surface area contributed by atoms with E-state index in [1.807, 2.05) is 24.3 Å². The van der Waals surface area contributed by atoms with Crippen molar-refractivity contribution in [3.05, 3.63) is 129 Å². The number of nitrogens with two attached hydrogens (primary N) is 1. The number of rotatable bonds is 23. The summed E-state index contributed by atoms with van der Waals surface area (Å²) in [5, 5.41) is 9.79. The van der Waals surface area contributed by atoms with Crippen LogP contribution in [0.2, 0.25) is 10.0 Å². The summed E-state index contributed by atoms with van der Waals surface area (Å²) in [7, 11) is 6.15. The standard InChI is InChI=1S/C25H32ClN3O6.C24H30ClN3O6.C2H6.CH4.ClH/c1-25(2,23(31)33-17-34-24(32)29(4)16-15-27-3)35-21-11-5-18(6-12-21)13-14-28-22(30)19-7-9-20(26)10-8-19;1-24(2,22(30)32-16-33-23(31)28(3)15-13-26)34-20-10-4-17(5-11-20)12-14-27-21(29)18-6-8-19(25)9-7-18;1-2;;/h5-12,27H,13-17H2,1-4H3,(H,28,30);4-11H,12-16,26H2,1-3H3,(H,27,29);1-2H3;1H4;1H/i;;1D;1T;. The van der Waals surface area contributed by atoms with Gasteiger partial charge in [-0.25, -0.2) is 19.2 Å². The Morgan fingerprint density at radius 1 is 0.616 bits per heavy atom. The SMILES string of the molecule is CN(CCN)C(=O)OCOC(=O)C(C)(C)Oc1ccc(CCNC(=O)c2ccc(Cl)cc2)cc1.CNCCN(C)C(=O)OCOC(=O)C(C)(C)Oc1ccc(CCNC(=O)c2ccc(Cl)cc2)cc1.Cl.[2H]CC.[3H]C. The second-order valence-electron chi connectivity index (χ2n) is 16.2. The van der Waals surface area contributed by atoms with Crippen LogP contribution in [0, 0.1) is 0 Å². The molecule has 0 fully saturated rings. The fourth-order valence-electron chi connectivity index (χ4n) is 5.66. The summed E-state index contributed by atoms with van der Waals surface area (Å²) in [5.74, 6) is -0.751. The molecule has 0 unspecified atom stereocenters. The smallest absolute Gasteiger partial charge is 0.412 e. The summed E-state index contributed by atoms with van der Waals surface area (Å²) in [4.78, 5) is 75.2. The number of likely N-dealkylation sites (N-methyl/N-ethyl adjacent to an activating group) is 3. The third-order valence-electron chi connectivity index (χ3n) is 9.72. The van der Waals surface area contributed by atoms with Gasteiger partial charge in [0.05, 0.1) is 0 Å². The van der Waals surface area contributed by atoms with Crippen molar-refractivity contribution in [2.75, 3.05) is 74.0 Å². The molecule has 73 heavy (non-hydrogen) atoms. The van der Waals surface area contributed by atoms with Gasteiger partial charge in [0.2, 0.25) is 13.6 Å². The van der Waals surface area contributed by atoms with E-state index >= 15 is 0 Å². The van der Waals surface area contributed by atoms with Crippen LogP contribution in [-0.2, 0) is 41.4 Å². The molecule has 0 saturated heterocycles. The van der Waals surface area contributed by atoms with Crippen LogP contribution in [0.15, 0.2) is 97.1 Å². The molecule has 0 aliphatic heterocycles. The molecule has 0 atom stereocenters. The lowest BCUT2D eigenvalue weighted by Gasteiger charge is -2.24. The van der Waals surface area contributed by atoms with Gasteiger partial charge in [0.25, 0.3) is 11.8 Å². The van der Waals surface area contributed by atoms with Gasteiger partial charge in [-0.3, -0.25) is 9.59 Å². The van der Waals surface area contributed by atoms with E-state index in [1.165, 1.54) is 24.3 Å². The maximum Gasteiger partial charge on any atom is 0.412 e. The summed E-state index contributed by atoms with van der Waals surface area (Å²) >= 11 is 11.7. The highest BCUT2D eigenvalue weighted by atomic mass is 35.5. The van der Waals surface area contributed by atoms with E-state index < -0.39 is 48.9 Å². The van der Waals surface area contributed by atoms with E-state index in [0.717, 1.165) is 11.1 Å². The van der Waals surface area contributed by atoms with Gasteiger partial charge < -0.3 is 59.9 Å². The van der Waals surface area contributed by atoms with Crippen molar-refractivity contribution in [2.45, 2.75) is 73.0 Å². The molecule has 0 spiro atoms. The lowest BCUT2D eigenvalue weighted by atomic mass is 10.1. The number of carbonyl (C=O) groups is 6. The molecule has 0 radical (unpaired) electrons. The molecule has 0 aromatic heterocycles. The van der Waals surface area contributed by atoms with E-state index in [9.17, 15) is 28.8 Å². The molecule has 21 heteroatoms. The average Bonchev–Trinajstić information content (AvgIpc) is 3.37. The van der Waals surface area contributed by atoms with Gasteiger partial charge in [0.15, 0.2) is 11.2 Å². The van der Waals surface area contributed by atoms with Crippen LogP contribution < -0.4 is 31.2 Å². The number of hydrogen-bond donors (Lipinski definition) is 4. The highest BCUT2D eigenvalue weighted by molar-refractivity contribution is 6.31. The van der Waals surface area contributed by atoms with Crippen molar-refractivity contribution in [1.82, 2.24) is 25.8 Å². The lowest BCUT2D eigenvalue weighted by Crippen LogP contribution is -2.40. The molecule has 0 aliphatic rings. The molecule has 0 heterocycles. The molecule has 4 aromatic carbocycles. The Labute approximate surface area is 449 Å². The number of amides is 4. The second kappa shape index (κ2) is 34.9. The van der Waals surface area contributed by atoms with Crippen LogP contribution >= 0.6 is 35.6 Å². The third-order valence-corrected chi connectivity index (χ3v) is 10.2. The molecule has 5 N–H and O–H groups in total. The van der Waals surface area contributed by atoms with E-state index in [-0.39, 0.29) is 24.2 Å². The summed E-state index contributed by atoms with van der Waals surface area (Å²) < 4.78 is 43.4. The topological polar surface area (TPSA) is 226 Å². The first-order chi connectivity index (χ1) is 35.2. The second-order valence-corrected chi connectivity index (χ2v) is 17.1. The Balaban J connectivity index is 0.00000133. The Morgan fingerprint density at radius 3 is 1.29 bits per heavy atom. The van der Waals surface area contributed by atoms with Gasteiger partial charge >= 0.3 is 24.1 Å². The number of nitrogens with zero attached hydrogens (tertiary/aromatic N) is 2. The molecule has 0 bridgehead atoms. The molecule has 0 aliphatic carbocycles. The van der Waals surface area contributed by atoms with Crippen LogP contribution in [-0.4, -0.2) is 131 Å². The van der Waals surface area contributed by atoms with Crippen LogP contribution in [0.5, 0.6) is 11.5 Å². The number of esters is 2. The zero-order valence-electron chi connectivity index (χ0n) is 45.1. The monoisotopic (exact) mass is 1080 g/mol. The zero-order valence-corrected chi connectivity index (χ0v) is 45.4. The van der Waals surface area contributed by atoms with Gasteiger partial charge in [0.1, 0.15) is 11.5 Å². The molecular formula is C52H73Cl3N6O12. The molecule has 4 aromatic rings. The molecule has 404 valence electrons. The van der Waals surface area contributed by atoms with Gasteiger partial charge in [-0.2, -0.15) is 0 Å². The molecule has 18 nitrogen and oxygen atoms in total. The van der Waals surface area contributed by atoms with Gasteiger partial charge in [-0.05, 0) is 132 Å². The van der Waals surface area contributed by atoms with Gasteiger partial charge in [0, 0.05) is 77.3 Å². The first-order valence-electron chi connectivity index (χ1n) is 24.2. The van der Waals surface area contributed by atoms with E-state index in [2.05, 4.69) is 16.0 Å². The van der Waals surface area contributed by atoms with E-state index in [1.54, 1.807) is 122 Å². The quantitative estimate of drug-likeness (QED) is 0.0405. The van der Waals surface area contributed by atoms with Crippen molar-refractivity contribution < 1.29 is 59.9 Å². The summed E-state index contributed by atoms with van der Waals surface area (Å²) in [6.07, 6.45) is 0.0115. The van der Waals surface area contributed by atoms with Crippen LogP contribution in [0.1, 0.15) is 83.5 Å². The zero-order chi connectivity index (χ0) is 55.7. The normalized spacial score (nSPS) is 10.6. The van der Waals surface area contributed by atoms with Crippen LogP contribution in [0.25, 0.3) is 0 Å². The number of benzene rings is 4. The summed E-state index contributed by atoms with van der Waals surface area (Å²) in [5.41, 5.74) is 5.84. The number of ether oxygens (including phenoxy) is 6. The molecule has 4 rings (SSSR count). The number of halogens is 3. The molecule has 0 saturated carbocycles. The van der Waals surface area contributed by atoms with Crippen molar-refractivity contribution in [3.63, 3.8) is 0 Å². The Kier molecular flexibility index (Phi) is 30.1. The first-order valence-corrected chi connectivity index (χ1v) is 23.3. The largest absolute Gasteiger partial charge is 0.476 e. The van der Waals surface area contributed by atoms with Crippen molar-refractivity contribution in [1.29, 1.82) is 0 Å². The minimum absolute atomic E-state index is 0. The number of carbonyl (C=O) groups excluding carboxylic acids is 6. The molecule has 4 amide bonds. The number of nitrogens with one attached hydrogen (secondary N) is 3. The Hall–Kier alpha value is -6.31. The average molecular weight is 1080 g/mol. The predicted molar refractivity (Wildman–Crippen MR) is 286 cm³/mol. The highest BCUT2D eigenvalue weighted by Crippen LogP contribution is 2.22. The molecular weight excluding hydrogens is 1010 g/mol. The summed E-state index contributed by atoms with van der Waals surface area (Å²) in [6.45, 7) is 10.1. The first kappa shape index (κ1) is 62.8. The summed E-state index contributed by atoms with van der Waals surface area (Å²) in [6, 6.07) is 27.7. The fraction of sp³-hybridized carbons (Fsp3) is 0.423. The highest BCUT2D eigenvalue weighted by Gasteiger charge is 2.33. The predicted octanol–water partition coefficient (Wildman–Crippen LogP) is 8.34. The fourth-order valence-corrected chi connectivity index (χ4v) is 5.91. The Bertz CT molecular complexity index is 2300. The van der Waals surface area contributed by atoms with E-state index in [4.69, 9.17) is 60.1 Å². The van der Waals surface area contributed by atoms with Crippen molar-refractivity contribution in [2.24, 2.45) is 5.73 Å².